The zero-order chi connectivity index (χ0) is 14.9. The monoisotopic (exact) mass is 278 g/mol. The van der Waals surface area contributed by atoms with E-state index in [1.807, 2.05) is 19.1 Å². The van der Waals surface area contributed by atoms with Crippen molar-refractivity contribution in [2.24, 2.45) is 11.7 Å². The van der Waals surface area contributed by atoms with Gasteiger partial charge in [-0.3, -0.25) is 4.79 Å². The molecule has 3 unspecified atom stereocenters. The Labute approximate surface area is 121 Å². The molecule has 0 aliphatic heterocycles. The van der Waals surface area contributed by atoms with Crippen LogP contribution in [0.5, 0.6) is 0 Å². The van der Waals surface area contributed by atoms with E-state index in [1.54, 1.807) is 18.9 Å². The van der Waals surface area contributed by atoms with Gasteiger partial charge >= 0.3 is 0 Å². The van der Waals surface area contributed by atoms with Crippen molar-refractivity contribution >= 4 is 5.91 Å². The molecule has 0 radical (unpaired) electrons. The summed E-state index contributed by atoms with van der Waals surface area (Å²) in [6, 6.07) is 4.01. The molecule has 0 aromatic carbocycles. The van der Waals surface area contributed by atoms with E-state index in [2.05, 4.69) is 6.92 Å². The number of hydrogen-bond acceptors (Lipinski definition) is 3. The lowest BCUT2D eigenvalue weighted by atomic mass is 9.96. The van der Waals surface area contributed by atoms with Crippen LogP contribution in [-0.2, 0) is 11.3 Å². The van der Waals surface area contributed by atoms with E-state index in [9.17, 15) is 4.79 Å². The number of nitrogens with zero attached hydrogens (tertiary/aromatic N) is 1. The van der Waals surface area contributed by atoms with Gasteiger partial charge in [0.2, 0.25) is 5.91 Å². The summed E-state index contributed by atoms with van der Waals surface area (Å²) in [7, 11) is 1.78. The molecule has 1 aliphatic rings. The summed E-state index contributed by atoms with van der Waals surface area (Å²) >= 11 is 0. The minimum absolute atomic E-state index is 0.0305. The molecule has 1 aromatic rings. The van der Waals surface area contributed by atoms with E-state index in [-0.39, 0.29) is 5.91 Å². The molecule has 1 fully saturated rings. The maximum atomic E-state index is 12.3. The summed E-state index contributed by atoms with van der Waals surface area (Å²) in [6.45, 7) is 6.55. The molecule has 0 spiro atoms. The van der Waals surface area contributed by atoms with E-state index in [0.29, 0.717) is 18.9 Å². The van der Waals surface area contributed by atoms with Crippen molar-refractivity contribution in [3.05, 3.63) is 23.7 Å². The predicted octanol–water partition coefficient (Wildman–Crippen LogP) is 2.88. The fourth-order valence-electron chi connectivity index (χ4n) is 2.77. The number of rotatable bonds is 6. The number of hydrogen-bond donors (Lipinski definition) is 1. The van der Waals surface area contributed by atoms with E-state index in [4.69, 9.17) is 10.2 Å². The molecular weight excluding hydrogens is 252 g/mol. The Kier molecular flexibility index (Phi) is 4.23. The number of carbonyl (C=O) groups is 1. The average molecular weight is 278 g/mol. The third-order valence-electron chi connectivity index (χ3n) is 4.15. The van der Waals surface area contributed by atoms with Gasteiger partial charge in [0, 0.05) is 13.0 Å². The second-order valence-corrected chi connectivity index (χ2v) is 6.45. The van der Waals surface area contributed by atoms with Crippen molar-refractivity contribution < 1.29 is 9.21 Å². The van der Waals surface area contributed by atoms with Crippen molar-refractivity contribution in [1.29, 1.82) is 0 Å². The SMILES string of the molecule is CCCC(C)(N)C(=O)N(C)Cc1ccc(C2CC2C)o1. The van der Waals surface area contributed by atoms with Crippen molar-refractivity contribution in [1.82, 2.24) is 4.90 Å². The first-order valence-electron chi connectivity index (χ1n) is 7.48. The molecule has 3 atom stereocenters. The molecule has 4 nitrogen and oxygen atoms in total. The quantitative estimate of drug-likeness (QED) is 0.870. The molecule has 112 valence electrons. The number of amides is 1. The summed E-state index contributed by atoms with van der Waals surface area (Å²) in [5.74, 6) is 3.16. The van der Waals surface area contributed by atoms with Crippen molar-refractivity contribution in [3.63, 3.8) is 0 Å². The van der Waals surface area contributed by atoms with Crippen LogP contribution in [0.3, 0.4) is 0 Å². The molecule has 2 rings (SSSR count). The third-order valence-corrected chi connectivity index (χ3v) is 4.15. The number of likely N-dealkylation sites (N-methyl/N-ethyl adjacent to an activating group) is 1. The second kappa shape index (κ2) is 5.60. The molecular formula is C16H26N2O2. The molecule has 4 heteroatoms. The average Bonchev–Trinajstić information content (AvgIpc) is 2.92. The Hall–Kier alpha value is -1.29. The van der Waals surface area contributed by atoms with E-state index in [0.717, 1.165) is 23.9 Å². The van der Waals surface area contributed by atoms with Crippen LogP contribution in [0.1, 0.15) is 57.5 Å². The van der Waals surface area contributed by atoms with Crippen LogP contribution < -0.4 is 5.73 Å². The van der Waals surface area contributed by atoms with Crippen LogP contribution in [0.4, 0.5) is 0 Å². The van der Waals surface area contributed by atoms with Gasteiger partial charge in [-0.1, -0.05) is 20.3 Å². The van der Waals surface area contributed by atoms with Gasteiger partial charge in [-0.15, -0.1) is 0 Å². The lowest BCUT2D eigenvalue weighted by Gasteiger charge is -2.28. The Morgan fingerprint density at radius 3 is 2.75 bits per heavy atom. The van der Waals surface area contributed by atoms with Crippen LogP contribution in [0.25, 0.3) is 0 Å². The maximum absolute atomic E-state index is 12.3. The van der Waals surface area contributed by atoms with Gasteiger partial charge in [-0.2, -0.15) is 0 Å². The highest BCUT2D eigenvalue weighted by Crippen LogP contribution is 2.47. The lowest BCUT2D eigenvalue weighted by molar-refractivity contribution is -0.136. The molecule has 1 aromatic heterocycles. The Bertz CT molecular complexity index is 479. The molecule has 0 saturated heterocycles. The summed E-state index contributed by atoms with van der Waals surface area (Å²) in [5.41, 5.74) is 5.30. The molecule has 1 heterocycles. The standard InChI is InChI=1S/C16H26N2O2/c1-5-8-16(3,17)15(19)18(4)10-12-6-7-14(20-12)13-9-11(13)2/h6-7,11,13H,5,8-10,17H2,1-4H3. The number of carbonyl (C=O) groups excluding carboxylic acids is 1. The van der Waals surface area contributed by atoms with Gasteiger partial charge in [0.15, 0.2) is 0 Å². The van der Waals surface area contributed by atoms with E-state index < -0.39 is 5.54 Å². The molecule has 1 amide bonds. The highest BCUT2D eigenvalue weighted by Gasteiger charge is 2.37. The number of furan rings is 1. The van der Waals surface area contributed by atoms with Gasteiger partial charge in [-0.05, 0) is 37.8 Å². The lowest BCUT2D eigenvalue weighted by Crippen LogP contribution is -2.51. The number of nitrogens with two attached hydrogens (primary N) is 1. The topological polar surface area (TPSA) is 59.5 Å². The second-order valence-electron chi connectivity index (χ2n) is 6.45. The zero-order valence-electron chi connectivity index (χ0n) is 13.0. The highest BCUT2D eigenvalue weighted by atomic mass is 16.3. The predicted molar refractivity (Wildman–Crippen MR) is 79.2 cm³/mol. The smallest absolute Gasteiger partial charge is 0.242 e. The van der Waals surface area contributed by atoms with Crippen molar-refractivity contribution in [2.75, 3.05) is 7.05 Å². The van der Waals surface area contributed by atoms with Crippen LogP contribution in [-0.4, -0.2) is 23.4 Å². The van der Waals surface area contributed by atoms with E-state index in [1.165, 1.54) is 6.42 Å². The largest absolute Gasteiger partial charge is 0.464 e. The first-order chi connectivity index (χ1) is 9.35. The molecule has 1 aliphatic carbocycles. The summed E-state index contributed by atoms with van der Waals surface area (Å²) < 4.78 is 5.84. The fourth-order valence-corrected chi connectivity index (χ4v) is 2.77. The van der Waals surface area contributed by atoms with Gasteiger partial charge in [-0.25, -0.2) is 0 Å². The normalized spacial score (nSPS) is 24.2. The molecule has 1 saturated carbocycles. The van der Waals surface area contributed by atoms with Crippen LogP contribution in [0, 0.1) is 5.92 Å². The van der Waals surface area contributed by atoms with Crippen molar-refractivity contribution in [3.8, 4) is 0 Å². The first-order valence-corrected chi connectivity index (χ1v) is 7.48. The Balaban J connectivity index is 1.95. The Morgan fingerprint density at radius 1 is 1.55 bits per heavy atom. The molecule has 2 N–H and O–H groups in total. The van der Waals surface area contributed by atoms with Gasteiger partial charge in [0.1, 0.15) is 11.5 Å². The minimum atomic E-state index is -0.788. The fraction of sp³-hybridized carbons (Fsp3) is 0.688. The molecule has 20 heavy (non-hydrogen) atoms. The van der Waals surface area contributed by atoms with Crippen molar-refractivity contribution in [2.45, 2.75) is 58.0 Å². The summed E-state index contributed by atoms with van der Waals surface area (Å²) in [4.78, 5) is 14.0. The van der Waals surface area contributed by atoms with Crippen LogP contribution in [0.2, 0.25) is 0 Å². The summed E-state index contributed by atoms with van der Waals surface area (Å²) in [6.07, 6.45) is 2.80. The third kappa shape index (κ3) is 3.23. The first kappa shape index (κ1) is 15.1. The van der Waals surface area contributed by atoms with E-state index >= 15 is 0 Å². The Morgan fingerprint density at radius 2 is 2.20 bits per heavy atom. The minimum Gasteiger partial charge on any atom is -0.464 e. The van der Waals surface area contributed by atoms with Crippen LogP contribution >= 0.6 is 0 Å². The zero-order valence-corrected chi connectivity index (χ0v) is 13.0. The van der Waals surface area contributed by atoms with Gasteiger partial charge < -0.3 is 15.1 Å². The van der Waals surface area contributed by atoms with Gasteiger partial charge in [0.05, 0.1) is 12.1 Å². The van der Waals surface area contributed by atoms with Gasteiger partial charge in [0.25, 0.3) is 0 Å². The maximum Gasteiger partial charge on any atom is 0.242 e. The summed E-state index contributed by atoms with van der Waals surface area (Å²) in [5, 5.41) is 0. The highest BCUT2D eigenvalue weighted by molar-refractivity contribution is 5.85. The van der Waals surface area contributed by atoms with Crippen LogP contribution in [0.15, 0.2) is 16.5 Å². The molecule has 0 bridgehead atoms.